The average molecular weight is 138 g/mol. The van der Waals surface area contributed by atoms with Gasteiger partial charge in [-0.2, -0.15) is 0 Å². The predicted molar refractivity (Wildman–Crippen MR) is 39.4 cm³/mol. The van der Waals surface area contributed by atoms with Crippen LogP contribution in [0.3, 0.4) is 0 Å². The predicted octanol–water partition coefficient (Wildman–Crippen LogP) is 0.759. The van der Waals surface area contributed by atoms with E-state index in [2.05, 4.69) is 10.6 Å². The minimum atomic E-state index is -0.115. The molecule has 2 amide bonds. The fourth-order valence-corrected chi connectivity index (χ4v) is 0.723. The van der Waals surface area contributed by atoms with Crippen molar-refractivity contribution in [3.63, 3.8) is 0 Å². The van der Waals surface area contributed by atoms with E-state index in [1.807, 2.05) is 25.2 Å². The number of rotatable bonds is 1. The molecule has 1 saturated heterocycles. The highest BCUT2D eigenvalue weighted by Gasteiger charge is 2.10. The van der Waals surface area contributed by atoms with Crippen LogP contribution in [0.5, 0.6) is 0 Å². The molecule has 0 aliphatic carbocycles. The van der Waals surface area contributed by atoms with Gasteiger partial charge < -0.3 is 10.6 Å². The smallest absolute Gasteiger partial charge is 0.319 e. The maximum absolute atomic E-state index is 10.5. The molecule has 10 heavy (non-hydrogen) atoms. The summed E-state index contributed by atoms with van der Waals surface area (Å²) in [6, 6.07) is -0.115. The third kappa shape index (κ3) is 1.62. The Bertz CT molecular complexity index is 194. The lowest BCUT2D eigenvalue weighted by atomic mass is 10.4. The zero-order chi connectivity index (χ0) is 7.40. The molecule has 0 aromatic heterocycles. The highest BCUT2D eigenvalue weighted by molar-refractivity contribution is 5.79. The van der Waals surface area contributed by atoms with Crippen LogP contribution >= 0.6 is 0 Å². The maximum Gasteiger partial charge on any atom is 0.319 e. The van der Waals surface area contributed by atoms with Crippen molar-refractivity contribution in [2.45, 2.75) is 6.92 Å². The van der Waals surface area contributed by atoms with Crippen LogP contribution < -0.4 is 10.6 Å². The van der Waals surface area contributed by atoms with Crippen LogP contribution in [-0.2, 0) is 0 Å². The first kappa shape index (κ1) is 6.86. The molecule has 0 bridgehead atoms. The van der Waals surface area contributed by atoms with Crippen molar-refractivity contribution in [1.29, 1.82) is 0 Å². The zero-order valence-electron chi connectivity index (χ0n) is 5.85. The van der Waals surface area contributed by atoms with Crippen LogP contribution in [0.25, 0.3) is 0 Å². The topological polar surface area (TPSA) is 41.1 Å². The first-order valence-corrected chi connectivity index (χ1v) is 3.19. The van der Waals surface area contributed by atoms with Gasteiger partial charge in [0.15, 0.2) is 0 Å². The maximum atomic E-state index is 10.5. The summed E-state index contributed by atoms with van der Waals surface area (Å²) in [5, 5.41) is 5.27. The fraction of sp³-hybridized carbons (Fsp3) is 0.286. The molecule has 1 rings (SSSR count). The summed E-state index contributed by atoms with van der Waals surface area (Å²) in [6.07, 6.45) is 5.68. The van der Waals surface area contributed by atoms with Crippen molar-refractivity contribution in [2.75, 3.05) is 6.54 Å². The molecule has 54 valence electrons. The van der Waals surface area contributed by atoms with Crippen LogP contribution in [0.15, 0.2) is 23.9 Å². The number of allylic oxidation sites excluding steroid dienone is 3. The van der Waals surface area contributed by atoms with E-state index in [0.717, 1.165) is 5.70 Å². The van der Waals surface area contributed by atoms with Gasteiger partial charge in [0.1, 0.15) is 0 Å². The minimum Gasteiger partial charge on any atom is -0.332 e. The van der Waals surface area contributed by atoms with Gasteiger partial charge in [-0.25, -0.2) is 4.79 Å². The monoisotopic (exact) mass is 138 g/mol. The molecule has 1 fully saturated rings. The second-order valence-corrected chi connectivity index (χ2v) is 2.03. The fourth-order valence-electron chi connectivity index (χ4n) is 0.723. The molecule has 0 spiro atoms. The Balaban J connectivity index is 2.51. The van der Waals surface area contributed by atoms with E-state index in [4.69, 9.17) is 0 Å². The number of carbonyl (C=O) groups is 1. The Morgan fingerprint density at radius 3 is 2.90 bits per heavy atom. The Morgan fingerprint density at radius 2 is 2.40 bits per heavy atom. The third-order valence-electron chi connectivity index (χ3n) is 1.20. The Labute approximate surface area is 59.8 Å². The molecule has 0 atom stereocenters. The van der Waals surface area contributed by atoms with Crippen LogP contribution in [0.2, 0.25) is 0 Å². The van der Waals surface area contributed by atoms with E-state index in [9.17, 15) is 4.79 Å². The van der Waals surface area contributed by atoms with E-state index in [-0.39, 0.29) is 6.03 Å². The third-order valence-corrected chi connectivity index (χ3v) is 1.20. The van der Waals surface area contributed by atoms with Crippen molar-refractivity contribution < 1.29 is 4.79 Å². The van der Waals surface area contributed by atoms with Gasteiger partial charge in [0.25, 0.3) is 0 Å². The standard InChI is InChI=1S/C7H10N2O/c1-2-3-4-6-5-8-7(10)9-6/h2-4H,5H2,1H3,(H2,8,9,10)/b3-2-,6-4+. The van der Waals surface area contributed by atoms with Gasteiger partial charge in [-0.05, 0) is 13.0 Å². The van der Waals surface area contributed by atoms with Gasteiger partial charge in [-0.1, -0.05) is 12.2 Å². The summed E-state index contributed by atoms with van der Waals surface area (Å²) >= 11 is 0. The summed E-state index contributed by atoms with van der Waals surface area (Å²) in [5.41, 5.74) is 0.920. The average Bonchev–Trinajstić information content (AvgIpc) is 2.31. The Morgan fingerprint density at radius 1 is 1.60 bits per heavy atom. The first-order valence-electron chi connectivity index (χ1n) is 3.19. The lowest BCUT2D eigenvalue weighted by Crippen LogP contribution is -2.19. The molecule has 1 aliphatic rings. The molecular formula is C7H10N2O. The summed E-state index contributed by atoms with van der Waals surface area (Å²) in [7, 11) is 0. The molecule has 0 aromatic carbocycles. The Hall–Kier alpha value is -1.25. The number of carbonyl (C=O) groups excluding carboxylic acids is 1. The van der Waals surface area contributed by atoms with E-state index < -0.39 is 0 Å². The normalized spacial score (nSPS) is 21.7. The van der Waals surface area contributed by atoms with Gasteiger partial charge in [0.05, 0.1) is 6.54 Å². The molecule has 0 unspecified atom stereocenters. The van der Waals surface area contributed by atoms with Crippen LogP contribution in [0.1, 0.15) is 6.92 Å². The second kappa shape index (κ2) is 3.06. The van der Waals surface area contributed by atoms with E-state index in [0.29, 0.717) is 6.54 Å². The van der Waals surface area contributed by atoms with Crippen molar-refractivity contribution >= 4 is 6.03 Å². The zero-order valence-corrected chi connectivity index (χ0v) is 5.85. The minimum absolute atomic E-state index is 0.115. The molecule has 0 saturated carbocycles. The SMILES string of the molecule is C/C=C\C=C1/CNC(=O)N1. The molecule has 1 aliphatic heterocycles. The lowest BCUT2D eigenvalue weighted by Gasteiger charge is -1.88. The van der Waals surface area contributed by atoms with Crippen LogP contribution in [0.4, 0.5) is 4.79 Å². The highest BCUT2D eigenvalue weighted by Crippen LogP contribution is 1.94. The molecule has 2 N–H and O–H groups in total. The summed E-state index contributed by atoms with van der Waals surface area (Å²) in [6.45, 7) is 2.55. The number of urea groups is 1. The van der Waals surface area contributed by atoms with Gasteiger partial charge in [-0.15, -0.1) is 0 Å². The molecule has 3 nitrogen and oxygen atoms in total. The molecule has 3 heteroatoms. The quantitative estimate of drug-likeness (QED) is 0.551. The number of nitrogens with one attached hydrogen (secondary N) is 2. The van der Waals surface area contributed by atoms with Crippen molar-refractivity contribution in [1.82, 2.24) is 10.6 Å². The highest BCUT2D eigenvalue weighted by atomic mass is 16.2. The van der Waals surface area contributed by atoms with Crippen molar-refractivity contribution in [2.24, 2.45) is 0 Å². The summed E-state index contributed by atoms with van der Waals surface area (Å²) in [4.78, 5) is 10.5. The number of hydrogen-bond donors (Lipinski definition) is 2. The summed E-state index contributed by atoms with van der Waals surface area (Å²) in [5.74, 6) is 0. The largest absolute Gasteiger partial charge is 0.332 e. The molecule has 1 heterocycles. The van der Waals surface area contributed by atoms with Gasteiger partial charge >= 0.3 is 6.03 Å². The molecule has 0 radical (unpaired) electrons. The molecular weight excluding hydrogens is 128 g/mol. The van der Waals surface area contributed by atoms with Gasteiger partial charge in [0.2, 0.25) is 0 Å². The molecule has 0 aromatic rings. The lowest BCUT2D eigenvalue weighted by molar-refractivity contribution is 0.249. The second-order valence-electron chi connectivity index (χ2n) is 2.03. The van der Waals surface area contributed by atoms with Gasteiger partial charge in [-0.3, -0.25) is 0 Å². The van der Waals surface area contributed by atoms with E-state index in [1.165, 1.54) is 0 Å². The van der Waals surface area contributed by atoms with Crippen molar-refractivity contribution in [3.05, 3.63) is 23.9 Å². The van der Waals surface area contributed by atoms with E-state index >= 15 is 0 Å². The van der Waals surface area contributed by atoms with Crippen molar-refractivity contribution in [3.8, 4) is 0 Å². The first-order chi connectivity index (χ1) is 4.83. The number of hydrogen-bond acceptors (Lipinski definition) is 1. The van der Waals surface area contributed by atoms with Crippen LogP contribution in [0, 0.1) is 0 Å². The van der Waals surface area contributed by atoms with Crippen LogP contribution in [-0.4, -0.2) is 12.6 Å². The van der Waals surface area contributed by atoms with Gasteiger partial charge in [0, 0.05) is 5.70 Å². The summed E-state index contributed by atoms with van der Waals surface area (Å²) < 4.78 is 0. The van der Waals surface area contributed by atoms with E-state index in [1.54, 1.807) is 0 Å². The number of amides is 2. The Kier molecular flexibility index (Phi) is 2.10.